The standard InChI is InChI=1S/C23H27N9O2/c1-32(2)9-10-33-22-13-20(26-21-12-18(29-30-21)15-6-7-15)27-23(28-22)25-14-16-11-19(31-34-16)17-5-3-4-8-24-17/h3-5,8,11-13,15H,6-7,9-10,14H2,1-2H3,(H3,25,26,27,28,29,30). The van der Waals surface area contributed by atoms with Gasteiger partial charge < -0.3 is 24.8 Å². The Kier molecular flexibility index (Phi) is 6.34. The molecule has 34 heavy (non-hydrogen) atoms. The molecule has 5 rings (SSSR count). The van der Waals surface area contributed by atoms with Crippen molar-refractivity contribution in [3.05, 3.63) is 54.0 Å². The largest absolute Gasteiger partial charge is 0.476 e. The first-order chi connectivity index (χ1) is 16.6. The number of aromatic nitrogens is 6. The van der Waals surface area contributed by atoms with Gasteiger partial charge in [-0.1, -0.05) is 11.2 Å². The molecule has 11 nitrogen and oxygen atoms in total. The van der Waals surface area contributed by atoms with Gasteiger partial charge in [0, 0.05) is 42.6 Å². The van der Waals surface area contributed by atoms with Crippen LogP contribution in [0, 0.1) is 0 Å². The van der Waals surface area contributed by atoms with Gasteiger partial charge >= 0.3 is 0 Å². The highest BCUT2D eigenvalue weighted by Gasteiger charge is 2.25. The Morgan fingerprint density at radius 2 is 2.03 bits per heavy atom. The van der Waals surface area contributed by atoms with E-state index in [-0.39, 0.29) is 0 Å². The number of hydrogen-bond donors (Lipinski definition) is 3. The smallest absolute Gasteiger partial charge is 0.228 e. The Labute approximate surface area is 197 Å². The summed E-state index contributed by atoms with van der Waals surface area (Å²) in [4.78, 5) is 15.4. The molecule has 1 aliphatic rings. The lowest BCUT2D eigenvalue weighted by Gasteiger charge is -2.12. The molecule has 0 saturated heterocycles. The molecule has 0 aliphatic heterocycles. The highest BCUT2D eigenvalue weighted by molar-refractivity contribution is 5.56. The Bertz CT molecular complexity index is 1220. The maximum Gasteiger partial charge on any atom is 0.228 e. The van der Waals surface area contributed by atoms with Crippen LogP contribution in [0.2, 0.25) is 0 Å². The molecule has 0 unspecified atom stereocenters. The lowest BCUT2D eigenvalue weighted by Crippen LogP contribution is -2.20. The van der Waals surface area contributed by atoms with E-state index < -0.39 is 0 Å². The minimum Gasteiger partial charge on any atom is -0.476 e. The molecule has 0 atom stereocenters. The Hall–Kier alpha value is -3.99. The second kappa shape index (κ2) is 9.87. The maximum absolute atomic E-state index is 5.86. The molecule has 0 amide bonds. The first kappa shape index (κ1) is 21.8. The quantitative estimate of drug-likeness (QED) is 0.305. The summed E-state index contributed by atoms with van der Waals surface area (Å²) >= 11 is 0. The summed E-state index contributed by atoms with van der Waals surface area (Å²) in [5.41, 5.74) is 2.57. The van der Waals surface area contributed by atoms with Gasteiger partial charge in [0.1, 0.15) is 18.1 Å². The van der Waals surface area contributed by atoms with Crippen LogP contribution in [-0.2, 0) is 6.54 Å². The first-order valence-electron chi connectivity index (χ1n) is 11.2. The van der Waals surface area contributed by atoms with E-state index >= 15 is 0 Å². The van der Waals surface area contributed by atoms with Crippen LogP contribution < -0.4 is 15.4 Å². The van der Waals surface area contributed by atoms with Crippen molar-refractivity contribution in [2.45, 2.75) is 25.3 Å². The first-order valence-corrected chi connectivity index (χ1v) is 11.2. The number of likely N-dealkylation sites (N-methyl/N-ethyl adjacent to an activating group) is 1. The van der Waals surface area contributed by atoms with Crippen LogP contribution in [-0.4, -0.2) is 62.5 Å². The summed E-state index contributed by atoms with van der Waals surface area (Å²) in [6, 6.07) is 11.3. The van der Waals surface area contributed by atoms with Crippen molar-refractivity contribution in [2.75, 3.05) is 37.9 Å². The van der Waals surface area contributed by atoms with E-state index in [1.807, 2.05) is 49.3 Å². The molecule has 0 spiro atoms. The number of hydrogen-bond acceptors (Lipinski definition) is 10. The number of pyridine rings is 1. The highest BCUT2D eigenvalue weighted by Crippen LogP contribution is 2.39. The molecule has 0 radical (unpaired) electrons. The zero-order chi connectivity index (χ0) is 23.3. The normalized spacial score (nSPS) is 13.3. The Morgan fingerprint density at radius 3 is 2.82 bits per heavy atom. The molecule has 4 aromatic heterocycles. The molecule has 1 saturated carbocycles. The van der Waals surface area contributed by atoms with Gasteiger partial charge in [-0.2, -0.15) is 15.1 Å². The van der Waals surface area contributed by atoms with Crippen molar-refractivity contribution < 1.29 is 9.26 Å². The van der Waals surface area contributed by atoms with Crippen LogP contribution in [0.1, 0.15) is 30.2 Å². The molecule has 0 bridgehead atoms. The predicted octanol–water partition coefficient (Wildman–Crippen LogP) is 3.42. The van der Waals surface area contributed by atoms with Crippen molar-refractivity contribution >= 4 is 17.6 Å². The highest BCUT2D eigenvalue weighted by atomic mass is 16.5. The van der Waals surface area contributed by atoms with E-state index in [9.17, 15) is 0 Å². The van der Waals surface area contributed by atoms with E-state index in [4.69, 9.17) is 9.26 Å². The summed E-state index contributed by atoms with van der Waals surface area (Å²) < 4.78 is 11.3. The van der Waals surface area contributed by atoms with Gasteiger partial charge in [0.25, 0.3) is 0 Å². The molecule has 176 valence electrons. The van der Waals surface area contributed by atoms with Gasteiger partial charge in [0.15, 0.2) is 11.6 Å². The average Bonchev–Trinajstić information content (AvgIpc) is 3.39. The SMILES string of the molecule is CN(C)CCOc1cc(Nc2cc(C3CC3)[nH]n2)nc(NCc2cc(-c3ccccn3)no2)n1. The van der Waals surface area contributed by atoms with Crippen LogP contribution >= 0.6 is 0 Å². The fraction of sp³-hybridized carbons (Fsp3) is 0.348. The lowest BCUT2D eigenvalue weighted by atomic mass is 10.2. The topological polar surface area (TPSA) is 130 Å². The fourth-order valence-electron chi connectivity index (χ4n) is 3.31. The molecule has 4 aromatic rings. The number of H-pyrrole nitrogens is 1. The van der Waals surface area contributed by atoms with E-state index in [0.717, 1.165) is 17.9 Å². The van der Waals surface area contributed by atoms with Crippen molar-refractivity contribution in [3.8, 4) is 17.3 Å². The minimum atomic E-state index is 0.356. The number of nitrogens with zero attached hydrogens (tertiary/aromatic N) is 6. The van der Waals surface area contributed by atoms with Gasteiger partial charge in [0.2, 0.25) is 11.8 Å². The third kappa shape index (κ3) is 5.67. The van der Waals surface area contributed by atoms with Crippen LogP contribution in [0.3, 0.4) is 0 Å². The van der Waals surface area contributed by atoms with E-state index in [0.29, 0.717) is 54.0 Å². The fourth-order valence-corrected chi connectivity index (χ4v) is 3.31. The van der Waals surface area contributed by atoms with Crippen molar-refractivity contribution in [1.29, 1.82) is 0 Å². The van der Waals surface area contributed by atoms with Crippen molar-refractivity contribution in [1.82, 2.24) is 35.2 Å². The summed E-state index contributed by atoms with van der Waals surface area (Å²) in [6.45, 7) is 1.63. The number of anilines is 3. The number of nitrogens with one attached hydrogen (secondary N) is 3. The van der Waals surface area contributed by atoms with E-state index in [1.165, 1.54) is 12.8 Å². The molecule has 3 N–H and O–H groups in total. The van der Waals surface area contributed by atoms with Gasteiger partial charge in [-0.15, -0.1) is 0 Å². The molecule has 1 fully saturated rings. The molecular weight excluding hydrogens is 434 g/mol. The number of ether oxygens (including phenoxy) is 1. The van der Waals surface area contributed by atoms with Gasteiger partial charge in [0.05, 0.1) is 12.2 Å². The third-order valence-corrected chi connectivity index (χ3v) is 5.27. The summed E-state index contributed by atoms with van der Waals surface area (Å²) in [5, 5.41) is 18.0. The Balaban J connectivity index is 1.29. The van der Waals surface area contributed by atoms with E-state index in [1.54, 1.807) is 12.3 Å². The molecule has 0 aromatic carbocycles. The zero-order valence-electron chi connectivity index (χ0n) is 19.2. The van der Waals surface area contributed by atoms with Crippen LogP contribution in [0.25, 0.3) is 11.4 Å². The summed E-state index contributed by atoms with van der Waals surface area (Å²) in [6.07, 6.45) is 4.13. The van der Waals surface area contributed by atoms with Gasteiger partial charge in [-0.25, -0.2) is 0 Å². The van der Waals surface area contributed by atoms with E-state index in [2.05, 4.69) is 40.9 Å². The molecule has 1 aliphatic carbocycles. The summed E-state index contributed by atoms with van der Waals surface area (Å²) in [5.74, 6) is 3.39. The predicted molar refractivity (Wildman–Crippen MR) is 127 cm³/mol. The van der Waals surface area contributed by atoms with Crippen LogP contribution in [0.4, 0.5) is 17.6 Å². The second-order valence-corrected chi connectivity index (χ2v) is 8.42. The van der Waals surface area contributed by atoms with Crippen LogP contribution in [0.15, 0.2) is 47.1 Å². The molecular formula is C23H27N9O2. The number of rotatable bonds is 11. The maximum atomic E-state index is 5.86. The van der Waals surface area contributed by atoms with Crippen LogP contribution in [0.5, 0.6) is 5.88 Å². The second-order valence-electron chi connectivity index (χ2n) is 8.42. The minimum absolute atomic E-state index is 0.356. The Morgan fingerprint density at radius 1 is 1.12 bits per heavy atom. The van der Waals surface area contributed by atoms with Crippen molar-refractivity contribution in [3.63, 3.8) is 0 Å². The number of aromatic amines is 1. The monoisotopic (exact) mass is 461 g/mol. The van der Waals surface area contributed by atoms with Gasteiger partial charge in [-0.05, 0) is 39.1 Å². The zero-order valence-corrected chi connectivity index (χ0v) is 19.2. The van der Waals surface area contributed by atoms with Crippen molar-refractivity contribution in [2.24, 2.45) is 0 Å². The lowest BCUT2D eigenvalue weighted by molar-refractivity contribution is 0.254. The molecule has 11 heteroatoms. The third-order valence-electron chi connectivity index (χ3n) is 5.27. The summed E-state index contributed by atoms with van der Waals surface area (Å²) in [7, 11) is 3.99. The molecule has 4 heterocycles. The van der Waals surface area contributed by atoms with Gasteiger partial charge in [-0.3, -0.25) is 10.1 Å². The average molecular weight is 462 g/mol.